The SMILES string of the molecule is Cc1nc(-c2cc(F)c3nn(C)cc3c2)nc2ccc(Cl)cc12. The predicted octanol–water partition coefficient (Wildman–Crippen LogP) is 4.28. The lowest BCUT2D eigenvalue weighted by Crippen LogP contribution is -1.95. The van der Waals surface area contributed by atoms with Crippen LogP contribution in [0.5, 0.6) is 0 Å². The van der Waals surface area contributed by atoms with Crippen LogP contribution in [0, 0.1) is 12.7 Å². The molecule has 2 heterocycles. The van der Waals surface area contributed by atoms with E-state index in [1.54, 1.807) is 24.0 Å². The quantitative estimate of drug-likeness (QED) is 0.524. The highest BCUT2D eigenvalue weighted by atomic mass is 35.5. The first-order chi connectivity index (χ1) is 11.0. The number of rotatable bonds is 1. The van der Waals surface area contributed by atoms with Gasteiger partial charge in [-0.25, -0.2) is 14.4 Å². The number of nitrogens with zero attached hydrogens (tertiary/aromatic N) is 4. The van der Waals surface area contributed by atoms with Crippen LogP contribution >= 0.6 is 11.6 Å². The first-order valence-corrected chi connectivity index (χ1v) is 7.46. The zero-order valence-electron chi connectivity index (χ0n) is 12.5. The van der Waals surface area contributed by atoms with Gasteiger partial charge in [0.25, 0.3) is 0 Å². The summed E-state index contributed by atoms with van der Waals surface area (Å²) in [5, 5.41) is 6.36. The lowest BCUT2D eigenvalue weighted by atomic mass is 10.1. The van der Waals surface area contributed by atoms with Crippen LogP contribution in [0.3, 0.4) is 0 Å². The molecule has 0 saturated heterocycles. The zero-order chi connectivity index (χ0) is 16.1. The molecule has 4 aromatic rings. The molecule has 2 aromatic heterocycles. The van der Waals surface area contributed by atoms with Crippen LogP contribution in [-0.2, 0) is 7.05 Å². The van der Waals surface area contributed by atoms with E-state index in [9.17, 15) is 4.39 Å². The van der Waals surface area contributed by atoms with Crippen molar-refractivity contribution in [2.24, 2.45) is 7.05 Å². The Morgan fingerprint density at radius 2 is 1.96 bits per heavy atom. The normalized spacial score (nSPS) is 11.5. The van der Waals surface area contributed by atoms with E-state index in [1.165, 1.54) is 6.07 Å². The van der Waals surface area contributed by atoms with E-state index in [2.05, 4.69) is 15.1 Å². The Balaban J connectivity index is 1.96. The first-order valence-electron chi connectivity index (χ1n) is 7.08. The van der Waals surface area contributed by atoms with Crippen molar-refractivity contribution in [1.82, 2.24) is 19.7 Å². The van der Waals surface area contributed by atoms with Crippen molar-refractivity contribution in [3.05, 3.63) is 53.1 Å². The van der Waals surface area contributed by atoms with Crippen molar-refractivity contribution >= 4 is 33.4 Å². The lowest BCUT2D eigenvalue weighted by molar-refractivity contribution is 0.632. The maximum Gasteiger partial charge on any atom is 0.160 e. The van der Waals surface area contributed by atoms with Gasteiger partial charge in [-0.2, -0.15) is 5.10 Å². The molecule has 4 nitrogen and oxygen atoms in total. The van der Waals surface area contributed by atoms with Crippen LogP contribution in [0.25, 0.3) is 33.2 Å². The predicted molar refractivity (Wildman–Crippen MR) is 89.0 cm³/mol. The Labute approximate surface area is 136 Å². The fourth-order valence-electron chi connectivity index (χ4n) is 2.72. The Morgan fingerprint density at radius 1 is 1.13 bits per heavy atom. The number of aromatic nitrogens is 4. The van der Waals surface area contributed by atoms with E-state index in [0.29, 0.717) is 21.9 Å². The molecule has 0 atom stereocenters. The zero-order valence-corrected chi connectivity index (χ0v) is 13.3. The number of fused-ring (bicyclic) bond motifs is 2. The summed E-state index contributed by atoms with van der Waals surface area (Å²) < 4.78 is 15.9. The second-order valence-electron chi connectivity index (χ2n) is 5.49. The molecule has 4 rings (SSSR count). The van der Waals surface area contributed by atoms with E-state index >= 15 is 0 Å². The highest BCUT2D eigenvalue weighted by molar-refractivity contribution is 6.31. The highest BCUT2D eigenvalue weighted by Gasteiger charge is 2.12. The number of benzene rings is 2. The molecule has 0 spiro atoms. The van der Waals surface area contributed by atoms with Gasteiger partial charge in [0, 0.05) is 40.3 Å². The van der Waals surface area contributed by atoms with Crippen LogP contribution in [0.1, 0.15) is 5.69 Å². The monoisotopic (exact) mass is 326 g/mol. The standard InChI is InChI=1S/C17H12ClFN4/c1-9-13-7-12(18)3-4-15(13)21-17(20-9)10-5-11-8-23(2)22-16(11)14(19)6-10/h3-8H,1-2H3. The summed E-state index contributed by atoms with van der Waals surface area (Å²) in [5.74, 6) is 0.109. The molecule has 0 fully saturated rings. The fourth-order valence-corrected chi connectivity index (χ4v) is 2.90. The Bertz CT molecular complexity index is 1070. The van der Waals surface area contributed by atoms with Crippen molar-refractivity contribution in [3.63, 3.8) is 0 Å². The van der Waals surface area contributed by atoms with Gasteiger partial charge in [-0.05, 0) is 37.3 Å². The molecule has 0 amide bonds. The van der Waals surface area contributed by atoms with Crippen LogP contribution in [0.15, 0.2) is 36.5 Å². The summed E-state index contributed by atoms with van der Waals surface area (Å²) in [6, 6.07) is 8.73. The van der Waals surface area contributed by atoms with Crippen LogP contribution in [-0.4, -0.2) is 19.7 Å². The summed E-state index contributed by atoms with van der Waals surface area (Å²) in [5.41, 5.74) is 2.56. The van der Waals surface area contributed by atoms with Gasteiger partial charge >= 0.3 is 0 Å². The number of aryl methyl sites for hydroxylation is 2. The van der Waals surface area contributed by atoms with Gasteiger partial charge in [-0.15, -0.1) is 0 Å². The average molecular weight is 327 g/mol. The van der Waals surface area contributed by atoms with Crippen molar-refractivity contribution in [1.29, 1.82) is 0 Å². The molecule has 23 heavy (non-hydrogen) atoms. The third kappa shape index (κ3) is 2.33. The van der Waals surface area contributed by atoms with E-state index in [0.717, 1.165) is 22.0 Å². The second-order valence-corrected chi connectivity index (χ2v) is 5.93. The molecule has 6 heteroatoms. The number of hydrogen-bond donors (Lipinski definition) is 0. The number of halogens is 2. The van der Waals surface area contributed by atoms with Crippen LogP contribution in [0.2, 0.25) is 5.02 Å². The smallest absolute Gasteiger partial charge is 0.160 e. The summed E-state index contributed by atoms with van der Waals surface area (Å²) >= 11 is 6.02. The van der Waals surface area contributed by atoms with Crippen molar-refractivity contribution in [2.45, 2.75) is 6.92 Å². The van der Waals surface area contributed by atoms with Crippen molar-refractivity contribution in [3.8, 4) is 11.4 Å². The third-order valence-electron chi connectivity index (χ3n) is 3.78. The van der Waals surface area contributed by atoms with Crippen molar-refractivity contribution < 1.29 is 4.39 Å². The second kappa shape index (κ2) is 4.99. The Hall–Kier alpha value is -2.53. The summed E-state index contributed by atoms with van der Waals surface area (Å²) in [7, 11) is 1.76. The molecule has 2 aromatic carbocycles. The minimum atomic E-state index is -0.379. The third-order valence-corrected chi connectivity index (χ3v) is 4.02. The molecule has 114 valence electrons. The molecule has 0 saturated carbocycles. The van der Waals surface area contributed by atoms with Gasteiger partial charge in [0.1, 0.15) is 5.52 Å². The topological polar surface area (TPSA) is 43.6 Å². The largest absolute Gasteiger partial charge is 0.274 e. The van der Waals surface area contributed by atoms with Crippen LogP contribution < -0.4 is 0 Å². The summed E-state index contributed by atoms with van der Waals surface area (Å²) in [6.45, 7) is 1.89. The highest BCUT2D eigenvalue weighted by Crippen LogP contribution is 2.27. The molecule has 0 aliphatic carbocycles. The fraction of sp³-hybridized carbons (Fsp3) is 0.118. The van der Waals surface area contributed by atoms with E-state index in [4.69, 9.17) is 11.6 Å². The van der Waals surface area contributed by atoms with Gasteiger partial charge in [0.15, 0.2) is 11.6 Å². The van der Waals surface area contributed by atoms with Gasteiger partial charge < -0.3 is 0 Å². The summed E-state index contributed by atoms with van der Waals surface area (Å²) in [4.78, 5) is 9.04. The minimum absolute atomic E-state index is 0.348. The maximum absolute atomic E-state index is 14.3. The van der Waals surface area contributed by atoms with E-state index in [-0.39, 0.29) is 5.82 Å². The first kappa shape index (κ1) is 14.1. The lowest BCUT2D eigenvalue weighted by Gasteiger charge is -2.06. The maximum atomic E-state index is 14.3. The van der Waals surface area contributed by atoms with Crippen LogP contribution in [0.4, 0.5) is 4.39 Å². The van der Waals surface area contributed by atoms with Gasteiger partial charge in [-0.3, -0.25) is 4.68 Å². The number of hydrogen-bond acceptors (Lipinski definition) is 3. The van der Waals surface area contributed by atoms with E-state index in [1.807, 2.05) is 25.1 Å². The average Bonchev–Trinajstić information content (AvgIpc) is 2.89. The van der Waals surface area contributed by atoms with E-state index < -0.39 is 0 Å². The molecule has 0 unspecified atom stereocenters. The van der Waals surface area contributed by atoms with Gasteiger partial charge in [-0.1, -0.05) is 11.6 Å². The molecular weight excluding hydrogens is 315 g/mol. The Morgan fingerprint density at radius 3 is 2.78 bits per heavy atom. The van der Waals surface area contributed by atoms with Crippen molar-refractivity contribution in [2.75, 3.05) is 0 Å². The Kier molecular flexibility index (Phi) is 3.06. The molecule has 0 aliphatic rings. The molecule has 0 aliphatic heterocycles. The minimum Gasteiger partial charge on any atom is -0.274 e. The van der Waals surface area contributed by atoms with Gasteiger partial charge in [0.2, 0.25) is 0 Å². The molecule has 0 bridgehead atoms. The molecular formula is C17H12ClFN4. The molecule has 0 radical (unpaired) electrons. The molecule has 0 N–H and O–H groups in total. The van der Waals surface area contributed by atoms with Gasteiger partial charge in [0.05, 0.1) is 5.52 Å². The summed E-state index contributed by atoms with van der Waals surface area (Å²) in [6.07, 6.45) is 1.77.